The number of nitrogens with zero attached hydrogens (tertiary/aromatic N) is 2. The fourth-order valence-corrected chi connectivity index (χ4v) is 3.85. The fraction of sp³-hybridized carbons (Fsp3) is 0.227. The van der Waals surface area contributed by atoms with Crippen molar-refractivity contribution in [1.82, 2.24) is 20.2 Å². The summed E-state index contributed by atoms with van der Waals surface area (Å²) in [5.41, 5.74) is 0.769. The highest BCUT2D eigenvalue weighted by Gasteiger charge is 2.22. The number of thioether (sulfide) groups is 1. The molecule has 0 spiro atoms. The summed E-state index contributed by atoms with van der Waals surface area (Å²) in [6.07, 6.45) is 0. The summed E-state index contributed by atoms with van der Waals surface area (Å²) in [6, 6.07) is 12.8. The Labute approximate surface area is 188 Å². The van der Waals surface area contributed by atoms with Gasteiger partial charge in [-0.3, -0.25) is 19.5 Å². The molecule has 9 nitrogen and oxygen atoms in total. The predicted molar refractivity (Wildman–Crippen MR) is 121 cm³/mol. The van der Waals surface area contributed by atoms with Gasteiger partial charge in [-0.2, -0.15) is 0 Å². The third-order valence-electron chi connectivity index (χ3n) is 4.50. The van der Waals surface area contributed by atoms with Gasteiger partial charge in [0, 0.05) is 6.54 Å². The Kier molecular flexibility index (Phi) is 7.26. The Morgan fingerprint density at radius 1 is 1.16 bits per heavy atom. The number of methoxy groups -OCH3 is 1. The van der Waals surface area contributed by atoms with Crippen molar-refractivity contribution in [2.45, 2.75) is 24.3 Å². The molecule has 0 unspecified atom stereocenters. The number of ether oxygens (including phenoxy) is 1. The maximum atomic E-state index is 13.3. The van der Waals surface area contributed by atoms with Crippen LogP contribution in [0.15, 0.2) is 58.5 Å². The Bertz CT molecular complexity index is 1230. The first-order valence-corrected chi connectivity index (χ1v) is 10.7. The van der Waals surface area contributed by atoms with Crippen LogP contribution in [0.4, 0.5) is 4.79 Å². The third-order valence-corrected chi connectivity index (χ3v) is 5.55. The van der Waals surface area contributed by atoms with Gasteiger partial charge in [0.25, 0.3) is 5.56 Å². The minimum absolute atomic E-state index is 0.245. The van der Waals surface area contributed by atoms with Crippen LogP contribution >= 0.6 is 11.8 Å². The number of hydrogen-bond acceptors (Lipinski definition) is 7. The molecular weight excluding hydrogens is 432 g/mol. The van der Waals surface area contributed by atoms with E-state index in [0.29, 0.717) is 23.1 Å². The van der Waals surface area contributed by atoms with Gasteiger partial charge in [0.15, 0.2) is 5.16 Å². The van der Waals surface area contributed by atoms with Gasteiger partial charge in [-0.25, -0.2) is 14.6 Å². The van der Waals surface area contributed by atoms with Gasteiger partial charge in [-0.1, -0.05) is 30.0 Å². The Balaban J connectivity index is 2.09. The van der Waals surface area contributed by atoms with E-state index in [1.807, 2.05) is 6.07 Å². The van der Waals surface area contributed by atoms with E-state index in [0.717, 1.165) is 11.8 Å². The molecule has 0 aliphatic carbocycles. The second-order valence-corrected chi connectivity index (χ2v) is 8.01. The molecule has 3 amide bonds. The Morgan fingerprint density at radius 2 is 1.88 bits per heavy atom. The monoisotopic (exact) mass is 454 g/mol. The van der Waals surface area contributed by atoms with Gasteiger partial charge in [-0.15, -0.1) is 0 Å². The second kappa shape index (κ2) is 10.1. The molecule has 166 valence electrons. The average Bonchev–Trinajstić information content (AvgIpc) is 2.79. The molecule has 3 rings (SSSR count). The topological polar surface area (TPSA) is 119 Å². The number of aromatic nitrogens is 2. The van der Waals surface area contributed by atoms with Crippen molar-refractivity contribution < 1.29 is 19.1 Å². The smallest absolute Gasteiger partial charge is 0.337 e. The highest BCUT2D eigenvalue weighted by molar-refractivity contribution is 8.00. The minimum atomic E-state index is -0.735. The quantitative estimate of drug-likeness (QED) is 0.334. The summed E-state index contributed by atoms with van der Waals surface area (Å²) in [5.74, 6) is -1.08. The van der Waals surface area contributed by atoms with Crippen LogP contribution in [0.5, 0.6) is 0 Å². The lowest BCUT2D eigenvalue weighted by atomic mass is 10.1. The van der Waals surface area contributed by atoms with Crippen LogP contribution in [-0.4, -0.2) is 46.4 Å². The summed E-state index contributed by atoms with van der Waals surface area (Å²) >= 11 is 1.03. The molecule has 1 atom stereocenters. The van der Waals surface area contributed by atoms with Gasteiger partial charge in [0.2, 0.25) is 5.91 Å². The number of nitrogens with one attached hydrogen (secondary N) is 2. The highest BCUT2D eigenvalue weighted by atomic mass is 32.2. The Morgan fingerprint density at radius 3 is 2.53 bits per heavy atom. The molecule has 0 saturated carbocycles. The van der Waals surface area contributed by atoms with Crippen LogP contribution in [0.3, 0.4) is 0 Å². The van der Waals surface area contributed by atoms with E-state index < -0.39 is 23.2 Å². The van der Waals surface area contributed by atoms with Crippen molar-refractivity contribution in [1.29, 1.82) is 0 Å². The van der Waals surface area contributed by atoms with Crippen molar-refractivity contribution in [3.63, 3.8) is 0 Å². The number of hydrogen-bond donors (Lipinski definition) is 2. The number of carbonyl (C=O) groups excluding carboxylic acids is 3. The van der Waals surface area contributed by atoms with Crippen molar-refractivity contribution in [2.24, 2.45) is 0 Å². The second-order valence-electron chi connectivity index (χ2n) is 6.70. The van der Waals surface area contributed by atoms with Gasteiger partial charge in [0.1, 0.15) is 0 Å². The zero-order chi connectivity index (χ0) is 23.3. The van der Waals surface area contributed by atoms with Crippen LogP contribution in [0, 0.1) is 0 Å². The van der Waals surface area contributed by atoms with Crippen LogP contribution in [0.25, 0.3) is 16.6 Å². The molecule has 32 heavy (non-hydrogen) atoms. The molecule has 2 aromatic carbocycles. The summed E-state index contributed by atoms with van der Waals surface area (Å²) < 4.78 is 6.15. The lowest BCUT2D eigenvalue weighted by Gasteiger charge is -2.16. The SMILES string of the molecule is CCNC(=O)NC(=O)[C@H](C)Sc1nc2cc(C(=O)OC)ccc2c(=O)n1-c1ccccc1. The van der Waals surface area contributed by atoms with Crippen LogP contribution < -0.4 is 16.2 Å². The molecule has 0 aliphatic heterocycles. The van der Waals surface area contributed by atoms with E-state index >= 15 is 0 Å². The summed E-state index contributed by atoms with van der Waals surface area (Å²) in [7, 11) is 1.27. The van der Waals surface area contributed by atoms with Crippen LogP contribution in [0.2, 0.25) is 0 Å². The molecule has 0 aliphatic rings. The number of fused-ring (bicyclic) bond motifs is 1. The predicted octanol–water partition coefficient (Wildman–Crippen LogP) is 2.50. The van der Waals surface area contributed by atoms with Crippen molar-refractivity contribution in [3.8, 4) is 5.69 Å². The largest absolute Gasteiger partial charge is 0.465 e. The zero-order valence-electron chi connectivity index (χ0n) is 17.7. The summed E-state index contributed by atoms with van der Waals surface area (Å²) in [5, 5.41) is 4.57. The van der Waals surface area contributed by atoms with Gasteiger partial charge in [-0.05, 0) is 44.2 Å². The average molecular weight is 455 g/mol. The first-order valence-electron chi connectivity index (χ1n) is 9.81. The normalized spacial score (nSPS) is 11.6. The molecule has 1 heterocycles. The summed E-state index contributed by atoms with van der Waals surface area (Å²) in [4.78, 5) is 54.0. The first-order chi connectivity index (χ1) is 15.3. The number of para-hydroxylation sites is 1. The van der Waals surface area contributed by atoms with E-state index in [4.69, 9.17) is 4.74 Å². The van der Waals surface area contributed by atoms with E-state index in [9.17, 15) is 19.2 Å². The van der Waals surface area contributed by atoms with E-state index in [1.165, 1.54) is 29.9 Å². The van der Waals surface area contributed by atoms with Crippen molar-refractivity contribution >= 4 is 40.6 Å². The van der Waals surface area contributed by atoms with Gasteiger partial charge in [0.05, 0.1) is 34.5 Å². The highest BCUT2D eigenvalue weighted by Crippen LogP contribution is 2.25. The van der Waals surface area contributed by atoms with Gasteiger partial charge >= 0.3 is 12.0 Å². The number of urea groups is 1. The molecule has 2 N–H and O–H groups in total. The molecular formula is C22H22N4O5S. The number of imide groups is 1. The lowest BCUT2D eigenvalue weighted by molar-refractivity contribution is -0.119. The Hall–Kier alpha value is -3.66. The number of benzene rings is 2. The first kappa shape index (κ1) is 23.0. The molecule has 10 heteroatoms. The number of esters is 1. The summed E-state index contributed by atoms with van der Waals surface area (Å²) in [6.45, 7) is 3.72. The maximum absolute atomic E-state index is 13.3. The van der Waals surface area contributed by atoms with E-state index in [1.54, 1.807) is 38.1 Å². The third kappa shape index (κ3) is 4.97. The minimum Gasteiger partial charge on any atom is -0.465 e. The number of amides is 3. The van der Waals surface area contributed by atoms with Crippen molar-refractivity contribution in [2.75, 3.05) is 13.7 Å². The lowest BCUT2D eigenvalue weighted by Crippen LogP contribution is -2.42. The van der Waals surface area contributed by atoms with Crippen molar-refractivity contribution in [3.05, 3.63) is 64.4 Å². The standard InChI is InChI=1S/C22H22N4O5S/c1-4-23-21(30)25-18(27)13(2)32-22-24-17-12-14(20(29)31-3)10-11-16(17)19(28)26(22)15-8-6-5-7-9-15/h5-13H,4H2,1-3H3,(H2,23,25,27,30)/t13-/m0/s1. The van der Waals surface area contributed by atoms with Gasteiger partial charge < -0.3 is 10.1 Å². The molecule has 1 aromatic heterocycles. The molecule has 0 radical (unpaired) electrons. The van der Waals surface area contributed by atoms with E-state index in [2.05, 4.69) is 15.6 Å². The van der Waals surface area contributed by atoms with Crippen LogP contribution in [0.1, 0.15) is 24.2 Å². The van der Waals surface area contributed by atoms with E-state index in [-0.39, 0.29) is 16.3 Å². The molecule has 0 bridgehead atoms. The maximum Gasteiger partial charge on any atom is 0.337 e. The number of carbonyl (C=O) groups is 3. The molecule has 3 aromatic rings. The fourth-order valence-electron chi connectivity index (χ4n) is 2.92. The molecule has 0 saturated heterocycles. The van der Waals surface area contributed by atoms with Crippen LogP contribution in [-0.2, 0) is 9.53 Å². The number of rotatable bonds is 6. The zero-order valence-corrected chi connectivity index (χ0v) is 18.6. The molecule has 0 fully saturated rings.